The van der Waals surface area contributed by atoms with Gasteiger partial charge in [-0.05, 0) is 89.9 Å². The van der Waals surface area contributed by atoms with Crippen LogP contribution in [0, 0.1) is 11.2 Å². The standard InChI is InChI=1S/C39H41FN4O4/c1-25(41)43-38(46)36(21-27-7-14-32(15-8-27)47-20-19-26-5-12-31(40)13-6-26)44-37(45)35-23-29-22-34(16-9-28(29)24-42-35)48-33-17-10-30(11-18-33)39(2,3)4/h5-10,12-17,22-24,36H,11,18-21H2,1-4H3,(H,44,45)(H2,41,43,46)/t36-/m0/s1. The number of hydrogen-bond acceptors (Lipinski definition) is 5. The van der Waals surface area contributed by atoms with Crippen molar-refractivity contribution in [3.05, 3.63) is 125 Å². The van der Waals surface area contributed by atoms with E-state index in [0.29, 0.717) is 24.5 Å². The highest BCUT2D eigenvalue weighted by atomic mass is 19.1. The molecule has 1 aromatic heterocycles. The van der Waals surface area contributed by atoms with Gasteiger partial charge in [0.1, 0.15) is 34.8 Å². The molecule has 9 heteroatoms. The second-order valence-corrected chi connectivity index (χ2v) is 12.9. The number of benzene rings is 3. The Labute approximate surface area is 280 Å². The first-order chi connectivity index (χ1) is 22.9. The number of amidine groups is 1. The molecule has 5 rings (SSSR count). The van der Waals surface area contributed by atoms with Crippen molar-refractivity contribution in [1.29, 1.82) is 0 Å². The van der Waals surface area contributed by atoms with E-state index in [1.807, 2.05) is 36.4 Å². The van der Waals surface area contributed by atoms with Gasteiger partial charge in [-0.15, -0.1) is 0 Å². The van der Waals surface area contributed by atoms with Crippen molar-refractivity contribution in [3.8, 4) is 11.5 Å². The summed E-state index contributed by atoms with van der Waals surface area (Å²) in [6, 6.07) is 19.9. The summed E-state index contributed by atoms with van der Waals surface area (Å²) in [4.78, 5) is 34.7. The molecule has 1 aliphatic carbocycles. The lowest BCUT2D eigenvalue weighted by molar-refractivity contribution is -0.119. The third kappa shape index (κ3) is 9.37. The number of carbonyl (C=O) groups is 2. The molecule has 0 saturated carbocycles. The minimum Gasteiger partial charge on any atom is -0.493 e. The van der Waals surface area contributed by atoms with Crippen LogP contribution in [0.1, 0.15) is 62.2 Å². The Balaban J connectivity index is 1.25. The number of aliphatic imine (C=N–C) groups is 1. The number of hydrogen-bond donors (Lipinski definition) is 2. The highest BCUT2D eigenvalue weighted by molar-refractivity contribution is 6.01. The van der Waals surface area contributed by atoms with Crippen LogP contribution in [0.3, 0.4) is 0 Å². The minimum absolute atomic E-state index is 0.0960. The predicted molar refractivity (Wildman–Crippen MR) is 187 cm³/mol. The number of amides is 2. The van der Waals surface area contributed by atoms with Gasteiger partial charge in [0.15, 0.2) is 0 Å². The topological polar surface area (TPSA) is 116 Å². The van der Waals surface area contributed by atoms with E-state index in [1.54, 1.807) is 36.5 Å². The number of allylic oxidation sites excluding steroid dienone is 4. The lowest BCUT2D eigenvalue weighted by Gasteiger charge is -2.26. The summed E-state index contributed by atoms with van der Waals surface area (Å²) in [5, 5.41) is 4.43. The Morgan fingerprint density at radius 3 is 2.31 bits per heavy atom. The predicted octanol–water partition coefficient (Wildman–Crippen LogP) is 7.27. The molecule has 2 amide bonds. The van der Waals surface area contributed by atoms with Gasteiger partial charge in [0.05, 0.1) is 12.4 Å². The van der Waals surface area contributed by atoms with Crippen LogP contribution < -0.4 is 20.5 Å². The first kappa shape index (κ1) is 34.0. The average molecular weight is 649 g/mol. The molecule has 4 aromatic rings. The molecule has 0 fully saturated rings. The Hall–Kier alpha value is -5.31. The molecule has 3 N–H and O–H groups in total. The minimum atomic E-state index is -0.974. The largest absolute Gasteiger partial charge is 0.493 e. The molecule has 0 unspecified atom stereocenters. The van der Waals surface area contributed by atoms with Gasteiger partial charge in [0.25, 0.3) is 11.8 Å². The number of ether oxygens (including phenoxy) is 2. The molecule has 1 aliphatic rings. The van der Waals surface area contributed by atoms with Crippen molar-refractivity contribution < 1.29 is 23.5 Å². The Morgan fingerprint density at radius 2 is 1.65 bits per heavy atom. The summed E-state index contributed by atoms with van der Waals surface area (Å²) in [6.45, 7) is 8.57. The summed E-state index contributed by atoms with van der Waals surface area (Å²) in [5.74, 6) is 0.950. The second-order valence-electron chi connectivity index (χ2n) is 12.9. The van der Waals surface area contributed by atoms with Crippen LogP contribution >= 0.6 is 0 Å². The number of carbonyl (C=O) groups excluding carboxylic acids is 2. The quantitative estimate of drug-likeness (QED) is 0.131. The molecule has 48 heavy (non-hydrogen) atoms. The number of fused-ring (bicyclic) bond motifs is 1. The first-order valence-electron chi connectivity index (χ1n) is 16.0. The van der Waals surface area contributed by atoms with Crippen LogP contribution in [-0.2, 0) is 17.6 Å². The van der Waals surface area contributed by atoms with E-state index in [0.717, 1.165) is 40.5 Å². The van der Waals surface area contributed by atoms with Gasteiger partial charge in [0, 0.05) is 30.8 Å². The van der Waals surface area contributed by atoms with E-state index in [4.69, 9.17) is 15.2 Å². The van der Waals surface area contributed by atoms with Gasteiger partial charge in [0.2, 0.25) is 0 Å². The number of halogens is 1. The normalized spacial score (nSPS) is 14.1. The molecule has 248 valence electrons. The maximum atomic E-state index is 13.4. The van der Waals surface area contributed by atoms with E-state index in [9.17, 15) is 14.0 Å². The van der Waals surface area contributed by atoms with Crippen LogP contribution in [0.2, 0.25) is 0 Å². The maximum absolute atomic E-state index is 13.4. The van der Waals surface area contributed by atoms with Crippen molar-refractivity contribution in [2.45, 2.75) is 59.4 Å². The molecule has 0 spiro atoms. The second kappa shape index (κ2) is 15.1. The summed E-state index contributed by atoms with van der Waals surface area (Å²) >= 11 is 0. The fourth-order valence-electron chi connectivity index (χ4n) is 5.37. The number of rotatable bonds is 11. The van der Waals surface area contributed by atoms with Gasteiger partial charge in [-0.1, -0.05) is 56.7 Å². The fraction of sp³-hybridized carbons (Fsp3) is 0.282. The first-order valence-corrected chi connectivity index (χ1v) is 16.0. The summed E-state index contributed by atoms with van der Waals surface area (Å²) in [7, 11) is 0. The van der Waals surface area contributed by atoms with E-state index in [-0.39, 0.29) is 29.2 Å². The summed E-state index contributed by atoms with van der Waals surface area (Å²) < 4.78 is 25.2. The molecule has 0 aliphatic heterocycles. The molecule has 1 atom stereocenters. The Kier molecular flexibility index (Phi) is 10.7. The number of nitrogens with one attached hydrogen (secondary N) is 1. The lowest BCUT2D eigenvalue weighted by atomic mass is 9.82. The molecule has 0 radical (unpaired) electrons. The SMILES string of the molecule is CC(N)=NC(=O)[C@H](Cc1ccc(OCCc2ccc(F)cc2)cc1)NC(=O)c1cc2cc(OC3=CC=C(C(C)(C)C)CC3)ccc2cn1. The Bertz CT molecular complexity index is 1870. The molecular formula is C39H41FN4O4. The highest BCUT2D eigenvalue weighted by Gasteiger charge is 2.23. The Morgan fingerprint density at radius 1 is 0.938 bits per heavy atom. The van der Waals surface area contributed by atoms with Crippen molar-refractivity contribution in [2.75, 3.05) is 6.61 Å². The number of nitrogens with zero attached hydrogens (tertiary/aromatic N) is 2. The van der Waals surface area contributed by atoms with Crippen LogP contribution in [-0.4, -0.2) is 35.3 Å². The van der Waals surface area contributed by atoms with Gasteiger partial charge in [-0.25, -0.2) is 4.39 Å². The number of aromatic nitrogens is 1. The van der Waals surface area contributed by atoms with Crippen LogP contribution in [0.4, 0.5) is 4.39 Å². The third-order valence-electron chi connectivity index (χ3n) is 8.08. The van der Waals surface area contributed by atoms with E-state index < -0.39 is 17.9 Å². The molecular weight excluding hydrogens is 607 g/mol. The van der Waals surface area contributed by atoms with Crippen molar-refractivity contribution in [2.24, 2.45) is 16.1 Å². The maximum Gasteiger partial charge on any atom is 0.270 e. The number of pyridine rings is 1. The zero-order chi connectivity index (χ0) is 34.3. The van der Waals surface area contributed by atoms with Gasteiger partial charge >= 0.3 is 0 Å². The van der Waals surface area contributed by atoms with Crippen molar-refractivity contribution in [3.63, 3.8) is 0 Å². The third-order valence-corrected chi connectivity index (χ3v) is 8.08. The molecule has 3 aromatic carbocycles. The lowest BCUT2D eigenvalue weighted by Crippen LogP contribution is -2.42. The van der Waals surface area contributed by atoms with Crippen LogP contribution in [0.25, 0.3) is 10.8 Å². The molecule has 1 heterocycles. The number of nitrogens with two attached hydrogens (primary N) is 1. The molecule has 0 bridgehead atoms. The van der Waals surface area contributed by atoms with Crippen LogP contribution in [0.15, 0.2) is 107 Å². The summed E-state index contributed by atoms with van der Waals surface area (Å²) in [5.41, 5.74) is 9.14. The fourth-order valence-corrected chi connectivity index (χ4v) is 5.37. The van der Waals surface area contributed by atoms with Crippen LogP contribution in [0.5, 0.6) is 11.5 Å². The van der Waals surface area contributed by atoms with Gasteiger partial charge in [-0.3, -0.25) is 14.6 Å². The van der Waals surface area contributed by atoms with Gasteiger partial charge < -0.3 is 20.5 Å². The molecule has 0 saturated heterocycles. The zero-order valence-electron chi connectivity index (χ0n) is 27.8. The average Bonchev–Trinajstić information content (AvgIpc) is 3.05. The van der Waals surface area contributed by atoms with Crippen molar-refractivity contribution >= 4 is 28.4 Å². The van der Waals surface area contributed by atoms with Crippen molar-refractivity contribution in [1.82, 2.24) is 10.3 Å². The molecule has 8 nitrogen and oxygen atoms in total. The van der Waals surface area contributed by atoms with E-state index in [2.05, 4.69) is 42.1 Å². The smallest absolute Gasteiger partial charge is 0.270 e. The zero-order valence-corrected chi connectivity index (χ0v) is 27.8. The van der Waals surface area contributed by atoms with E-state index >= 15 is 0 Å². The van der Waals surface area contributed by atoms with E-state index in [1.165, 1.54) is 24.6 Å². The highest BCUT2D eigenvalue weighted by Crippen LogP contribution is 2.34. The van der Waals surface area contributed by atoms with Gasteiger partial charge in [-0.2, -0.15) is 4.99 Å². The summed E-state index contributed by atoms with van der Waals surface area (Å²) in [6.07, 6.45) is 8.37. The monoisotopic (exact) mass is 648 g/mol.